The molecule has 1 aromatic heterocycles. The van der Waals surface area contributed by atoms with Crippen molar-refractivity contribution in [2.75, 3.05) is 0 Å². The monoisotopic (exact) mass is 154 g/mol. The topological polar surface area (TPSA) is 55.1 Å². The van der Waals surface area contributed by atoms with Crippen LogP contribution in [0.25, 0.3) is 0 Å². The van der Waals surface area contributed by atoms with Crippen LogP contribution in [0.3, 0.4) is 0 Å². The van der Waals surface area contributed by atoms with Gasteiger partial charge in [-0.2, -0.15) is 0 Å². The summed E-state index contributed by atoms with van der Waals surface area (Å²) in [5.41, 5.74) is -0.229. The summed E-state index contributed by atoms with van der Waals surface area (Å²) in [5, 5.41) is 8.79. The van der Waals surface area contributed by atoms with E-state index in [2.05, 4.69) is 4.98 Å². The van der Waals surface area contributed by atoms with Crippen molar-refractivity contribution >= 4 is 0 Å². The fraction of sp³-hybridized carbons (Fsp3) is 0.429. The van der Waals surface area contributed by atoms with E-state index in [9.17, 15) is 4.79 Å². The summed E-state index contributed by atoms with van der Waals surface area (Å²) in [6, 6.07) is 1.18. The molecule has 60 valence electrons. The number of hydrogen-bond donors (Lipinski definition) is 1. The SMILES string of the molecule is CC(C)n1cnc(O)cc1=O. The van der Waals surface area contributed by atoms with E-state index in [-0.39, 0.29) is 17.5 Å². The lowest BCUT2D eigenvalue weighted by Gasteiger charge is -2.06. The van der Waals surface area contributed by atoms with Crippen LogP contribution >= 0.6 is 0 Å². The molecule has 0 spiro atoms. The summed E-state index contributed by atoms with van der Waals surface area (Å²) < 4.78 is 1.44. The van der Waals surface area contributed by atoms with E-state index in [0.29, 0.717) is 0 Å². The molecule has 0 saturated heterocycles. The minimum absolute atomic E-state index is 0.0793. The molecule has 0 radical (unpaired) electrons. The van der Waals surface area contributed by atoms with Crippen molar-refractivity contribution in [3.05, 3.63) is 22.7 Å². The van der Waals surface area contributed by atoms with Crippen molar-refractivity contribution in [3.8, 4) is 5.88 Å². The third-order valence-corrected chi connectivity index (χ3v) is 1.38. The van der Waals surface area contributed by atoms with E-state index in [1.54, 1.807) is 0 Å². The van der Waals surface area contributed by atoms with Gasteiger partial charge in [0.1, 0.15) is 6.33 Å². The van der Waals surface area contributed by atoms with Gasteiger partial charge in [-0.15, -0.1) is 0 Å². The maximum Gasteiger partial charge on any atom is 0.257 e. The van der Waals surface area contributed by atoms with Gasteiger partial charge in [0.25, 0.3) is 5.56 Å². The van der Waals surface area contributed by atoms with Gasteiger partial charge in [0.15, 0.2) is 0 Å². The Labute approximate surface area is 64.1 Å². The maximum absolute atomic E-state index is 11.0. The molecule has 0 aliphatic rings. The van der Waals surface area contributed by atoms with E-state index in [1.807, 2.05) is 13.8 Å². The Kier molecular flexibility index (Phi) is 1.94. The molecule has 0 bridgehead atoms. The van der Waals surface area contributed by atoms with Crippen LogP contribution in [-0.4, -0.2) is 14.7 Å². The van der Waals surface area contributed by atoms with E-state index in [4.69, 9.17) is 5.11 Å². The summed E-state index contributed by atoms with van der Waals surface area (Å²) in [4.78, 5) is 14.6. The zero-order valence-electron chi connectivity index (χ0n) is 6.48. The smallest absolute Gasteiger partial charge is 0.257 e. The molecule has 4 nitrogen and oxygen atoms in total. The molecule has 0 unspecified atom stereocenters. The first-order valence-corrected chi connectivity index (χ1v) is 3.38. The van der Waals surface area contributed by atoms with Crippen molar-refractivity contribution in [1.82, 2.24) is 9.55 Å². The zero-order valence-corrected chi connectivity index (χ0v) is 6.48. The molecular formula is C7H10N2O2. The second-order valence-electron chi connectivity index (χ2n) is 2.59. The van der Waals surface area contributed by atoms with Crippen molar-refractivity contribution in [2.24, 2.45) is 0 Å². The second-order valence-corrected chi connectivity index (χ2v) is 2.59. The molecule has 1 rings (SSSR count). The Morgan fingerprint density at radius 1 is 1.64 bits per heavy atom. The molecule has 0 saturated carbocycles. The molecule has 11 heavy (non-hydrogen) atoms. The molecule has 0 atom stereocenters. The van der Waals surface area contributed by atoms with Crippen molar-refractivity contribution < 1.29 is 5.11 Å². The molecule has 0 aliphatic carbocycles. The summed E-state index contributed by atoms with van der Waals surface area (Å²) in [6.45, 7) is 3.75. The van der Waals surface area contributed by atoms with E-state index in [0.717, 1.165) is 6.07 Å². The van der Waals surface area contributed by atoms with Crippen molar-refractivity contribution in [2.45, 2.75) is 19.9 Å². The molecule has 0 fully saturated rings. The predicted molar refractivity (Wildman–Crippen MR) is 40.5 cm³/mol. The molecule has 4 heteroatoms. The van der Waals surface area contributed by atoms with Crippen LogP contribution in [0.15, 0.2) is 17.2 Å². The lowest BCUT2D eigenvalue weighted by atomic mass is 10.4. The van der Waals surface area contributed by atoms with Crippen molar-refractivity contribution in [1.29, 1.82) is 0 Å². The van der Waals surface area contributed by atoms with Crippen LogP contribution in [0.1, 0.15) is 19.9 Å². The van der Waals surface area contributed by atoms with Crippen LogP contribution < -0.4 is 5.56 Å². The van der Waals surface area contributed by atoms with Crippen molar-refractivity contribution in [3.63, 3.8) is 0 Å². The van der Waals surface area contributed by atoms with Gasteiger partial charge in [0.2, 0.25) is 5.88 Å². The van der Waals surface area contributed by atoms with Gasteiger partial charge < -0.3 is 5.11 Å². The van der Waals surface area contributed by atoms with Gasteiger partial charge in [-0.25, -0.2) is 4.98 Å². The van der Waals surface area contributed by atoms with Gasteiger partial charge in [-0.1, -0.05) is 0 Å². The molecule has 0 aliphatic heterocycles. The van der Waals surface area contributed by atoms with Gasteiger partial charge in [-0.05, 0) is 13.8 Å². The van der Waals surface area contributed by atoms with E-state index in [1.165, 1.54) is 10.9 Å². The maximum atomic E-state index is 11.0. The molecular weight excluding hydrogens is 144 g/mol. The molecule has 0 aromatic carbocycles. The quantitative estimate of drug-likeness (QED) is 0.642. The van der Waals surface area contributed by atoms with Crippen LogP contribution in [0.5, 0.6) is 5.88 Å². The number of nitrogens with zero attached hydrogens (tertiary/aromatic N) is 2. The zero-order chi connectivity index (χ0) is 8.43. The minimum atomic E-state index is -0.230. The van der Waals surface area contributed by atoms with Crippen LogP contribution in [-0.2, 0) is 0 Å². The average Bonchev–Trinajstić information content (AvgIpc) is 1.85. The summed E-state index contributed by atoms with van der Waals surface area (Å²) >= 11 is 0. The van der Waals surface area contributed by atoms with Gasteiger partial charge in [0.05, 0.1) is 6.07 Å². The Hall–Kier alpha value is -1.32. The normalized spacial score (nSPS) is 10.5. The van der Waals surface area contributed by atoms with E-state index >= 15 is 0 Å². The van der Waals surface area contributed by atoms with Crippen LogP contribution in [0, 0.1) is 0 Å². The largest absolute Gasteiger partial charge is 0.493 e. The highest BCUT2D eigenvalue weighted by Gasteiger charge is 2.00. The third-order valence-electron chi connectivity index (χ3n) is 1.38. The number of rotatable bonds is 1. The molecule has 0 amide bonds. The predicted octanol–water partition coefficient (Wildman–Crippen LogP) is 0.530. The Bertz CT molecular complexity index is 304. The average molecular weight is 154 g/mol. The minimum Gasteiger partial charge on any atom is -0.493 e. The van der Waals surface area contributed by atoms with Gasteiger partial charge >= 0.3 is 0 Å². The highest BCUT2D eigenvalue weighted by molar-refractivity contribution is 5.03. The standard InChI is InChI=1S/C7H10N2O2/c1-5(2)9-4-8-6(10)3-7(9)11/h3-5,10H,1-2H3. The summed E-state index contributed by atoms with van der Waals surface area (Å²) in [7, 11) is 0. The fourth-order valence-corrected chi connectivity index (χ4v) is 0.788. The first-order chi connectivity index (χ1) is 5.11. The van der Waals surface area contributed by atoms with E-state index < -0.39 is 0 Å². The number of aromatic nitrogens is 2. The van der Waals surface area contributed by atoms with Gasteiger partial charge in [-0.3, -0.25) is 9.36 Å². The second kappa shape index (κ2) is 2.74. The summed E-state index contributed by atoms with van der Waals surface area (Å²) in [6.07, 6.45) is 1.34. The fourth-order valence-electron chi connectivity index (χ4n) is 0.788. The molecule has 1 heterocycles. The molecule has 1 aromatic rings. The Morgan fingerprint density at radius 2 is 2.27 bits per heavy atom. The van der Waals surface area contributed by atoms with Crippen LogP contribution in [0.4, 0.5) is 0 Å². The third kappa shape index (κ3) is 1.58. The Balaban J connectivity index is 3.21. The van der Waals surface area contributed by atoms with Gasteiger partial charge in [0, 0.05) is 6.04 Å². The highest BCUT2D eigenvalue weighted by atomic mass is 16.3. The Morgan fingerprint density at radius 3 is 2.73 bits per heavy atom. The highest BCUT2D eigenvalue weighted by Crippen LogP contribution is 2.00. The number of aromatic hydroxyl groups is 1. The first kappa shape index (κ1) is 7.78. The lowest BCUT2D eigenvalue weighted by molar-refractivity contribution is 0.441. The number of hydrogen-bond acceptors (Lipinski definition) is 3. The molecule has 1 N–H and O–H groups in total. The first-order valence-electron chi connectivity index (χ1n) is 3.38. The summed E-state index contributed by atoms with van der Waals surface area (Å²) in [5.74, 6) is -0.230. The lowest BCUT2D eigenvalue weighted by Crippen LogP contribution is -2.20. The van der Waals surface area contributed by atoms with Crippen LogP contribution in [0.2, 0.25) is 0 Å².